The molecule has 0 heterocycles. The van der Waals surface area contributed by atoms with Gasteiger partial charge in [-0.3, -0.25) is 19.3 Å². The maximum absolute atomic E-state index is 11.2. The number of carboxylic acid groups (broad SMARTS) is 3. The summed E-state index contributed by atoms with van der Waals surface area (Å²) >= 11 is 0. The van der Waals surface area contributed by atoms with Crippen molar-refractivity contribution in [3.63, 3.8) is 0 Å². The molecule has 19 heavy (non-hydrogen) atoms. The monoisotopic (exact) mass is 275 g/mol. The van der Waals surface area contributed by atoms with Crippen LogP contribution in [0.5, 0.6) is 0 Å². The van der Waals surface area contributed by atoms with Gasteiger partial charge in [0, 0.05) is 13.1 Å². The van der Waals surface area contributed by atoms with Gasteiger partial charge in [0.15, 0.2) is 0 Å². The number of nitrogens with zero attached hydrogens (tertiary/aromatic N) is 1. The van der Waals surface area contributed by atoms with Crippen molar-refractivity contribution in [2.75, 3.05) is 13.1 Å². The molecular formula is C12H21NO6. The molecule has 110 valence electrons. The van der Waals surface area contributed by atoms with Gasteiger partial charge < -0.3 is 15.3 Å². The smallest absolute Gasteiger partial charge is 0.320 e. The third-order valence-corrected chi connectivity index (χ3v) is 2.78. The Labute approximate surface area is 111 Å². The van der Waals surface area contributed by atoms with Crippen molar-refractivity contribution in [1.29, 1.82) is 0 Å². The van der Waals surface area contributed by atoms with E-state index < -0.39 is 23.9 Å². The van der Waals surface area contributed by atoms with Crippen molar-refractivity contribution in [3.05, 3.63) is 0 Å². The van der Waals surface area contributed by atoms with E-state index in [9.17, 15) is 14.4 Å². The molecule has 1 unspecified atom stereocenters. The van der Waals surface area contributed by atoms with Crippen LogP contribution < -0.4 is 0 Å². The summed E-state index contributed by atoms with van der Waals surface area (Å²) in [6.45, 7) is 2.02. The fourth-order valence-corrected chi connectivity index (χ4v) is 1.76. The molecule has 3 N–H and O–H groups in total. The van der Waals surface area contributed by atoms with Crippen LogP contribution in [0.4, 0.5) is 0 Å². The molecule has 0 saturated carbocycles. The van der Waals surface area contributed by atoms with Crippen molar-refractivity contribution in [2.45, 2.75) is 45.1 Å². The van der Waals surface area contributed by atoms with Crippen LogP contribution in [0.1, 0.15) is 39.0 Å². The first-order valence-corrected chi connectivity index (χ1v) is 6.28. The van der Waals surface area contributed by atoms with Crippen LogP contribution in [0, 0.1) is 0 Å². The molecule has 0 bridgehead atoms. The molecule has 0 aromatic carbocycles. The van der Waals surface area contributed by atoms with Gasteiger partial charge in [0.1, 0.15) is 6.04 Å². The quantitative estimate of drug-likeness (QED) is 0.512. The zero-order valence-electron chi connectivity index (χ0n) is 11.0. The average molecular weight is 275 g/mol. The first-order valence-electron chi connectivity index (χ1n) is 6.28. The Kier molecular flexibility index (Phi) is 8.52. The topological polar surface area (TPSA) is 115 Å². The fourth-order valence-electron chi connectivity index (χ4n) is 1.76. The highest BCUT2D eigenvalue weighted by Gasteiger charge is 2.25. The normalized spacial score (nSPS) is 12.3. The van der Waals surface area contributed by atoms with E-state index >= 15 is 0 Å². The second kappa shape index (κ2) is 9.32. The lowest BCUT2D eigenvalue weighted by atomic mass is 10.1. The Balaban J connectivity index is 4.65. The lowest BCUT2D eigenvalue weighted by Gasteiger charge is -2.27. The molecule has 0 aromatic rings. The van der Waals surface area contributed by atoms with E-state index in [0.717, 1.165) is 6.42 Å². The van der Waals surface area contributed by atoms with Crippen LogP contribution in [0.2, 0.25) is 0 Å². The molecule has 0 aliphatic rings. The highest BCUT2D eigenvalue weighted by molar-refractivity contribution is 5.74. The maximum Gasteiger partial charge on any atom is 0.320 e. The molecule has 0 aliphatic carbocycles. The molecule has 0 aromatic heterocycles. The van der Waals surface area contributed by atoms with E-state index in [1.807, 2.05) is 6.92 Å². The predicted octanol–water partition coefficient (Wildman–Crippen LogP) is 0.881. The van der Waals surface area contributed by atoms with Gasteiger partial charge >= 0.3 is 17.9 Å². The molecule has 0 amide bonds. The molecule has 0 rings (SSSR count). The molecule has 0 saturated heterocycles. The number of rotatable bonds is 11. The number of hydrogen-bond acceptors (Lipinski definition) is 4. The summed E-state index contributed by atoms with van der Waals surface area (Å²) in [5, 5.41) is 26.5. The molecule has 7 heteroatoms. The second-order valence-corrected chi connectivity index (χ2v) is 4.32. The summed E-state index contributed by atoms with van der Waals surface area (Å²) in [7, 11) is 0. The highest BCUT2D eigenvalue weighted by atomic mass is 16.4. The first kappa shape index (κ1) is 17.4. The maximum atomic E-state index is 11.2. The van der Waals surface area contributed by atoms with E-state index in [1.54, 1.807) is 0 Å². The predicted molar refractivity (Wildman–Crippen MR) is 67.0 cm³/mol. The van der Waals surface area contributed by atoms with E-state index in [4.69, 9.17) is 15.3 Å². The molecule has 0 aliphatic heterocycles. The third-order valence-electron chi connectivity index (χ3n) is 2.78. The van der Waals surface area contributed by atoms with Crippen LogP contribution in [0.15, 0.2) is 0 Å². The van der Waals surface area contributed by atoms with Gasteiger partial charge in [0.2, 0.25) is 0 Å². The minimum absolute atomic E-state index is 0.0449. The van der Waals surface area contributed by atoms with Crippen molar-refractivity contribution in [3.8, 4) is 0 Å². The summed E-state index contributed by atoms with van der Waals surface area (Å²) in [4.78, 5) is 33.7. The fraction of sp³-hybridized carbons (Fsp3) is 0.750. The van der Waals surface area contributed by atoms with Gasteiger partial charge in [-0.15, -0.1) is 0 Å². The van der Waals surface area contributed by atoms with Gasteiger partial charge in [0.05, 0.1) is 12.8 Å². The summed E-state index contributed by atoms with van der Waals surface area (Å²) in [6, 6.07) is -0.821. The Morgan fingerprint density at radius 2 is 1.47 bits per heavy atom. The first-order chi connectivity index (χ1) is 8.88. The Hall–Kier alpha value is -1.63. The highest BCUT2D eigenvalue weighted by Crippen LogP contribution is 2.11. The number of carboxylic acids is 3. The van der Waals surface area contributed by atoms with Crippen molar-refractivity contribution in [1.82, 2.24) is 4.90 Å². The minimum Gasteiger partial charge on any atom is -0.481 e. The zero-order chi connectivity index (χ0) is 14.8. The summed E-state index contributed by atoms with van der Waals surface area (Å²) in [5.41, 5.74) is 0. The SMILES string of the molecule is CCCCC(C(=O)O)N(CCC(=O)O)CCC(=O)O. The van der Waals surface area contributed by atoms with Gasteiger partial charge in [-0.05, 0) is 6.42 Å². The molecule has 0 fully saturated rings. The standard InChI is InChI=1S/C12H21NO6/c1-2-3-4-9(12(18)19)13(7-5-10(14)15)8-6-11(16)17/h9H,2-8H2,1H3,(H,14,15)(H,16,17)(H,18,19). The lowest BCUT2D eigenvalue weighted by molar-refractivity contribution is -0.146. The minimum atomic E-state index is -1.04. The molecule has 1 atom stereocenters. The van der Waals surface area contributed by atoms with Crippen molar-refractivity contribution < 1.29 is 29.7 Å². The molecule has 0 spiro atoms. The second-order valence-electron chi connectivity index (χ2n) is 4.32. The van der Waals surface area contributed by atoms with Gasteiger partial charge in [-0.2, -0.15) is 0 Å². The summed E-state index contributed by atoms with van der Waals surface area (Å²) < 4.78 is 0. The number of aliphatic carboxylic acids is 3. The summed E-state index contributed by atoms with van der Waals surface area (Å²) in [6.07, 6.45) is 1.53. The Morgan fingerprint density at radius 3 is 1.79 bits per heavy atom. The molecule has 7 nitrogen and oxygen atoms in total. The Bertz CT molecular complexity index is 299. The van der Waals surface area contributed by atoms with Gasteiger partial charge in [-0.1, -0.05) is 19.8 Å². The summed E-state index contributed by atoms with van der Waals surface area (Å²) in [5.74, 6) is -3.09. The number of hydrogen-bond donors (Lipinski definition) is 3. The average Bonchev–Trinajstić information content (AvgIpc) is 2.30. The van der Waals surface area contributed by atoms with Crippen LogP contribution in [0.3, 0.4) is 0 Å². The van der Waals surface area contributed by atoms with Crippen molar-refractivity contribution >= 4 is 17.9 Å². The van der Waals surface area contributed by atoms with Crippen molar-refractivity contribution in [2.24, 2.45) is 0 Å². The van der Waals surface area contributed by atoms with E-state index in [1.165, 1.54) is 4.90 Å². The van der Waals surface area contributed by atoms with Crippen LogP contribution in [-0.4, -0.2) is 57.3 Å². The lowest BCUT2D eigenvalue weighted by Crippen LogP contribution is -2.43. The molecule has 0 radical (unpaired) electrons. The van der Waals surface area contributed by atoms with E-state index in [2.05, 4.69) is 0 Å². The number of unbranched alkanes of at least 4 members (excludes halogenated alkanes) is 1. The molecular weight excluding hydrogens is 254 g/mol. The van der Waals surface area contributed by atoms with Crippen LogP contribution in [-0.2, 0) is 14.4 Å². The Morgan fingerprint density at radius 1 is 1.00 bits per heavy atom. The van der Waals surface area contributed by atoms with Gasteiger partial charge in [0.25, 0.3) is 0 Å². The zero-order valence-corrected chi connectivity index (χ0v) is 11.0. The van der Waals surface area contributed by atoms with Crippen LogP contribution in [0.25, 0.3) is 0 Å². The largest absolute Gasteiger partial charge is 0.481 e. The third kappa shape index (κ3) is 8.15. The van der Waals surface area contributed by atoms with E-state index in [0.29, 0.717) is 12.8 Å². The van der Waals surface area contributed by atoms with Gasteiger partial charge in [-0.25, -0.2) is 0 Å². The number of carbonyl (C=O) groups is 3. The van der Waals surface area contributed by atoms with E-state index in [-0.39, 0.29) is 25.9 Å². The van der Waals surface area contributed by atoms with Crippen LogP contribution >= 0.6 is 0 Å².